The van der Waals surface area contributed by atoms with Crippen molar-refractivity contribution in [2.75, 3.05) is 0 Å². The molecule has 0 atom stereocenters. The Kier molecular flexibility index (Phi) is 8.64. The summed E-state index contributed by atoms with van der Waals surface area (Å²) in [5.41, 5.74) is 3.32. The van der Waals surface area contributed by atoms with Crippen molar-refractivity contribution in [1.82, 2.24) is 0 Å². The van der Waals surface area contributed by atoms with Gasteiger partial charge in [-0.15, -0.1) is 0 Å². The molecule has 0 N–H and O–H groups in total. The average Bonchev–Trinajstić information content (AvgIpc) is 2.39. The van der Waals surface area contributed by atoms with E-state index in [4.69, 9.17) is 16.5 Å². The van der Waals surface area contributed by atoms with Crippen molar-refractivity contribution in [2.45, 2.75) is 58.9 Å². The molecule has 0 saturated heterocycles. The van der Waals surface area contributed by atoms with Crippen LogP contribution in [0.15, 0.2) is 36.0 Å². The molecule has 0 heterocycles. The molecule has 4 nitrogen and oxygen atoms in total. The van der Waals surface area contributed by atoms with Crippen LogP contribution in [0.3, 0.4) is 0 Å². The van der Waals surface area contributed by atoms with Gasteiger partial charge in [0.05, 0.1) is 0 Å². The zero-order valence-corrected chi connectivity index (χ0v) is 23.3. The van der Waals surface area contributed by atoms with Gasteiger partial charge in [-0.25, -0.2) is 0 Å². The van der Waals surface area contributed by atoms with Gasteiger partial charge in [-0.3, -0.25) is 0 Å². The molecular weight excluding hydrogens is 409 g/mol. The van der Waals surface area contributed by atoms with Crippen molar-refractivity contribution in [2.24, 2.45) is 0 Å². The Labute approximate surface area is 166 Å². The van der Waals surface area contributed by atoms with Crippen LogP contribution in [-0.2, 0) is 16.5 Å². The molecule has 1 rings (SSSR count). The van der Waals surface area contributed by atoms with Gasteiger partial charge in [-0.2, -0.15) is 0 Å². The number of rotatable bonds is 10. The molecule has 0 bridgehead atoms. The topological polar surface area (TPSA) is 36.9 Å². The van der Waals surface area contributed by atoms with Gasteiger partial charge >= 0.3 is 9.05 Å². The van der Waals surface area contributed by atoms with E-state index in [0.717, 1.165) is 0 Å². The smallest absolute Gasteiger partial charge is 0.397 e. The van der Waals surface area contributed by atoms with Gasteiger partial charge in [0.2, 0.25) is 0 Å². The zero-order chi connectivity index (χ0) is 20.1. The quantitative estimate of drug-likeness (QED) is 0.488. The van der Waals surface area contributed by atoms with Crippen molar-refractivity contribution < 1.29 is 16.5 Å². The molecule has 0 aliphatic heterocycles. The Bertz CT molecular complexity index is 533. The molecule has 0 unspecified atom stereocenters. The first kappa shape index (κ1) is 23.9. The summed E-state index contributed by atoms with van der Waals surface area (Å²) in [6.07, 6.45) is 2.11. The molecule has 0 spiro atoms. The predicted molar refractivity (Wildman–Crippen MR) is 124 cm³/mol. The molecule has 0 fully saturated rings. The maximum atomic E-state index is 6.51. The maximum Gasteiger partial charge on any atom is 0.636 e. The highest BCUT2D eigenvalue weighted by molar-refractivity contribution is 6.89. The van der Waals surface area contributed by atoms with Crippen molar-refractivity contribution in [1.29, 1.82) is 0 Å². The molecular formula is C17H36O4Si5. The largest absolute Gasteiger partial charge is 0.636 e. The Hall–Kier alpha value is -0.116. The van der Waals surface area contributed by atoms with Crippen molar-refractivity contribution in [3.63, 3.8) is 0 Å². The van der Waals surface area contributed by atoms with Crippen LogP contribution in [0.5, 0.6) is 0 Å². The van der Waals surface area contributed by atoms with Gasteiger partial charge in [0, 0.05) is 0 Å². The summed E-state index contributed by atoms with van der Waals surface area (Å²) in [7, 11) is -9.78. The van der Waals surface area contributed by atoms with E-state index in [1.807, 2.05) is 18.2 Å². The highest BCUT2D eigenvalue weighted by atomic mass is 28.5. The van der Waals surface area contributed by atoms with E-state index in [0.29, 0.717) is 0 Å². The molecule has 0 aliphatic carbocycles. The van der Waals surface area contributed by atoms with Crippen LogP contribution in [0.2, 0.25) is 58.9 Å². The number of benzene rings is 1. The first-order valence-electron chi connectivity index (χ1n) is 9.16. The fourth-order valence-corrected chi connectivity index (χ4v) is 16.7. The minimum absolute atomic E-state index is 0.971. The van der Waals surface area contributed by atoms with Gasteiger partial charge in [-0.05, 0) is 64.5 Å². The number of hydrogen-bond acceptors (Lipinski definition) is 4. The number of hydrogen-bond donors (Lipinski definition) is 0. The summed E-state index contributed by atoms with van der Waals surface area (Å²) in [5.74, 6) is 0. The summed E-state index contributed by atoms with van der Waals surface area (Å²) < 4.78 is 25.9. The minimum atomic E-state index is -3.14. The van der Waals surface area contributed by atoms with E-state index in [1.165, 1.54) is 5.56 Å². The summed E-state index contributed by atoms with van der Waals surface area (Å²) in [5, 5.41) is 0. The fraction of sp³-hybridized carbons (Fsp3) is 0.529. The summed E-state index contributed by atoms with van der Waals surface area (Å²) in [6.45, 7) is 19.5. The van der Waals surface area contributed by atoms with Gasteiger partial charge in [0.1, 0.15) is 0 Å². The monoisotopic (exact) mass is 444 g/mol. The molecule has 0 aliphatic rings. The molecule has 0 aromatic heterocycles. The third kappa shape index (κ3) is 10.9. The van der Waals surface area contributed by atoms with Gasteiger partial charge in [0.25, 0.3) is 0 Å². The lowest BCUT2D eigenvalue weighted by atomic mass is 10.2. The maximum absolute atomic E-state index is 6.51. The van der Waals surface area contributed by atoms with Crippen molar-refractivity contribution in [3.8, 4) is 0 Å². The minimum Gasteiger partial charge on any atom is -0.397 e. The second-order valence-electron chi connectivity index (χ2n) is 9.27. The van der Waals surface area contributed by atoms with Crippen LogP contribution in [-0.4, -0.2) is 43.8 Å². The first-order chi connectivity index (χ1) is 11.7. The highest BCUT2D eigenvalue weighted by Gasteiger charge is 2.53. The Morgan fingerprint density at radius 3 is 1.50 bits per heavy atom. The van der Waals surface area contributed by atoms with E-state index in [2.05, 4.69) is 82.8 Å². The third-order valence-corrected chi connectivity index (χ3v) is 15.6. The summed E-state index contributed by atoms with van der Waals surface area (Å²) >= 11 is 0. The summed E-state index contributed by atoms with van der Waals surface area (Å²) in [4.78, 5) is 0. The molecule has 0 saturated carbocycles. The van der Waals surface area contributed by atoms with Crippen molar-refractivity contribution >= 4 is 49.8 Å². The second kappa shape index (κ2) is 9.39. The molecule has 0 amide bonds. The van der Waals surface area contributed by atoms with Crippen LogP contribution in [0, 0.1) is 0 Å². The van der Waals surface area contributed by atoms with Crippen LogP contribution < -0.4 is 0 Å². The van der Waals surface area contributed by atoms with Crippen LogP contribution in [0.1, 0.15) is 5.56 Å². The van der Waals surface area contributed by atoms with E-state index >= 15 is 0 Å². The van der Waals surface area contributed by atoms with Crippen LogP contribution in [0.4, 0.5) is 0 Å². The molecule has 9 heteroatoms. The summed E-state index contributed by atoms with van der Waals surface area (Å²) in [6, 6.07) is 10.3. The SMILES string of the molecule is C[Si](C)(C)O[Si](O[SiH2]C=Cc1ccccc1)(O[Si](C)(C)C)O[Si](C)(C)C. The normalized spacial score (nSPS) is 14.7. The lowest BCUT2D eigenvalue weighted by Gasteiger charge is -2.41. The van der Waals surface area contributed by atoms with Crippen LogP contribution in [0.25, 0.3) is 6.08 Å². The fourth-order valence-electron chi connectivity index (χ4n) is 2.17. The Morgan fingerprint density at radius 2 is 1.12 bits per heavy atom. The van der Waals surface area contributed by atoms with E-state index in [1.54, 1.807) is 0 Å². The predicted octanol–water partition coefficient (Wildman–Crippen LogP) is 4.75. The van der Waals surface area contributed by atoms with Gasteiger partial charge in [-0.1, -0.05) is 42.1 Å². The molecule has 0 radical (unpaired) electrons. The molecule has 148 valence electrons. The molecule has 1 aromatic rings. The van der Waals surface area contributed by atoms with Gasteiger partial charge in [0.15, 0.2) is 34.7 Å². The van der Waals surface area contributed by atoms with E-state index in [-0.39, 0.29) is 0 Å². The lowest BCUT2D eigenvalue weighted by molar-refractivity contribution is 0.156. The van der Waals surface area contributed by atoms with Crippen molar-refractivity contribution in [3.05, 3.63) is 41.6 Å². The lowest BCUT2D eigenvalue weighted by Crippen LogP contribution is -2.62. The highest BCUT2D eigenvalue weighted by Crippen LogP contribution is 2.26. The Morgan fingerprint density at radius 1 is 0.692 bits per heavy atom. The van der Waals surface area contributed by atoms with Gasteiger partial charge < -0.3 is 16.5 Å². The average molecular weight is 445 g/mol. The molecule has 1 aromatic carbocycles. The zero-order valence-electron chi connectivity index (χ0n) is 17.9. The van der Waals surface area contributed by atoms with Crippen LogP contribution >= 0.6 is 0 Å². The standard InChI is InChI=1S/C17H36O4Si5/c1-23(2,3)19-26(20-24(4,5)6,21-25(7,8)9)18-22-16-15-17-13-11-10-12-14-17/h10-16H,22H2,1-9H3. The van der Waals surface area contributed by atoms with E-state index < -0.39 is 43.8 Å². The van der Waals surface area contributed by atoms with E-state index in [9.17, 15) is 0 Å². The first-order valence-corrected chi connectivity index (χ1v) is 22.4. The molecule has 26 heavy (non-hydrogen) atoms. The third-order valence-electron chi connectivity index (χ3n) is 2.76. The second-order valence-corrected chi connectivity index (χ2v) is 27.4. The Balaban J connectivity index is 3.00.